The first-order valence-electron chi connectivity index (χ1n) is 9.19. The Morgan fingerprint density at radius 2 is 1.96 bits per heavy atom. The monoisotopic (exact) mass is 353 g/mol. The van der Waals surface area contributed by atoms with Gasteiger partial charge in [0.15, 0.2) is 0 Å². The zero-order valence-corrected chi connectivity index (χ0v) is 14.7. The number of rotatable bonds is 5. The summed E-state index contributed by atoms with van der Waals surface area (Å²) >= 11 is 0. The molecule has 2 aromatic rings. The standard InChI is InChI=1S/C20H23N3O3/c24-18(16-12-21-17(14-6-7-14)23-19(16)25)22-13-20(8-10-26-11-9-20)15-4-2-1-3-5-15/h1-5,12,14H,6-11,13H2,(H,22,24)(H,21,23,25). The molecule has 6 nitrogen and oxygen atoms in total. The molecule has 2 heterocycles. The summed E-state index contributed by atoms with van der Waals surface area (Å²) in [5.74, 6) is 0.669. The van der Waals surface area contributed by atoms with Gasteiger partial charge in [0.05, 0.1) is 0 Å². The van der Waals surface area contributed by atoms with E-state index in [-0.39, 0.29) is 22.4 Å². The maximum atomic E-state index is 12.6. The van der Waals surface area contributed by atoms with Gasteiger partial charge in [-0.05, 0) is 31.2 Å². The van der Waals surface area contributed by atoms with Gasteiger partial charge in [0.1, 0.15) is 11.4 Å². The van der Waals surface area contributed by atoms with Crippen LogP contribution in [0, 0.1) is 0 Å². The minimum Gasteiger partial charge on any atom is -0.381 e. The van der Waals surface area contributed by atoms with Gasteiger partial charge in [-0.1, -0.05) is 30.3 Å². The fourth-order valence-corrected chi connectivity index (χ4v) is 3.60. The van der Waals surface area contributed by atoms with Crippen LogP contribution in [0.25, 0.3) is 0 Å². The van der Waals surface area contributed by atoms with E-state index >= 15 is 0 Å². The molecular formula is C20H23N3O3. The van der Waals surface area contributed by atoms with E-state index in [0.29, 0.717) is 31.5 Å². The molecule has 2 N–H and O–H groups in total. The summed E-state index contributed by atoms with van der Waals surface area (Å²) < 4.78 is 5.52. The number of ether oxygens (including phenoxy) is 1. The predicted molar refractivity (Wildman–Crippen MR) is 97.3 cm³/mol. The molecule has 1 aliphatic carbocycles. The van der Waals surface area contributed by atoms with E-state index in [4.69, 9.17) is 4.74 Å². The van der Waals surface area contributed by atoms with Crippen molar-refractivity contribution in [3.63, 3.8) is 0 Å². The normalized spacial score (nSPS) is 19.1. The van der Waals surface area contributed by atoms with Gasteiger partial charge >= 0.3 is 0 Å². The first-order chi connectivity index (χ1) is 12.7. The highest BCUT2D eigenvalue weighted by Crippen LogP contribution is 2.37. The second-order valence-corrected chi connectivity index (χ2v) is 7.23. The number of carbonyl (C=O) groups is 1. The fraction of sp³-hybridized carbons (Fsp3) is 0.450. The molecule has 136 valence electrons. The van der Waals surface area contributed by atoms with Crippen LogP contribution in [-0.4, -0.2) is 35.6 Å². The Bertz CT molecular complexity index is 837. The number of nitrogens with one attached hydrogen (secondary N) is 2. The fourth-order valence-electron chi connectivity index (χ4n) is 3.60. The molecule has 0 bridgehead atoms. The molecule has 0 spiro atoms. The second-order valence-electron chi connectivity index (χ2n) is 7.23. The molecule has 1 saturated carbocycles. The smallest absolute Gasteiger partial charge is 0.263 e. The van der Waals surface area contributed by atoms with Crippen molar-refractivity contribution in [1.82, 2.24) is 15.3 Å². The Morgan fingerprint density at radius 1 is 1.23 bits per heavy atom. The minimum atomic E-state index is -0.372. The van der Waals surface area contributed by atoms with E-state index in [2.05, 4.69) is 27.4 Å². The molecule has 6 heteroatoms. The summed E-state index contributed by atoms with van der Waals surface area (Å²) in [7, 11) is 0. The zero-order valence-electron chi connectivity index (χ0n) is 14.7. The quantitative estimate of drug-likeness (QED) is 0.862. The summed E-state index contributed by atoms with van der Waals surface area (Å²) in [6, 6.07) is 10.2. The summed E-state index contributed by atoms with van der Waals surface area (Å²) in [6.45, 7) is 1.81. The van der Waals surface area contributed by atoms with Gasteiger partial charge in [0.2, 0.25) is 0 Å². The third kappa shape index (κ3) is 3.42. The lowest BCUT2D eigenvalue weighted by Crippen LogP contribution is -2.45. The number of H-pyrrole nitrogens is 1. The number of amides is 1. The third-order valence-electron chi connectivity index (χ3n) is 5.45. The Labute approximate surface area is 152 Å². The molecule has 1 aromatic carbocycles. The molecule has 0 unspecified atom stereocenters. The van der Waals surface area contributed by atoms with Crippen LogP contribution in [0.2, 0.25) is 0 Å². The van der Waals surface area contributed by atoms with Crippen LogP contribution in [0.4, 0.5) is 0 Å². The maximum absolute atomic E-state index is 12.6. The Balaban J connectivity index is 1.50. The summed E-state index contributed by atoms with van der Waals surface area (Å²) in [5.41, 5.74) is 0.744. The topological polar surface area (TPSA) is 84.1 Å². The van der Waals surface area contributed by atoms with E-state index in [9.17, 15) is 9.59 Å². The van der Waals surface area contributed by atoms with Crippen LogP contribution >= 0.6 is 0 Å². The summed E-state index contributed by atoms with van der Waals surface area (Å²) in [5, 5.41) is 2.96. The first-order valence-corrected chi connectivity index (χ1v) is 9.19. The minimum absolute atomic E-state index is 0.0738. The van der Waals surface area contributed by atoms with Gasteiger partial charge in [-0.15, -0.1) is 0 Å². The van der Waals surface area contributed by atoms with Crippen LogP contribution in [0.15, 0.2) is 41.3 Å². The van der Waals surface area contributed by atoms with Gasteiger partial charge in [-0.25, -0.2) is 4.98 Å². The van der Waals surface area contributed by atoms with Crippen molar-refractivity contribution in [2.24, 2.45) is 0 Å². The van der Waals surface area contributed by atoms with Crippen molar-refractivity contribution in [1.29, 1.82) is 0 Å². The van der Waals surface area contributed by atoms with E-state index in [1.165, 1.54) is 11.8 Å². The molecular weight excluding hydrogens is 330 g/mol. The molecule has 0 atom stereocenters. The highest BCUT2D eigenvalue weighted by Gasteiger charge is 2.35. The molecule has 26 heavy (non-hydrogen) atoms. The molecule has 0 radical (unpaired) electrons. The summed E-state index contributed by atoms with van der Waals surface area (Å²) in [6.07, 6.45) is 5.19. The average Bonchev–Trinajstić information content (AvgIpc) is 3.53. The molecule has 1 amide bonds. The second kappa shape index (κ2) is 7.03. The Hall–Kier alpha value is -2.47. The van der Waals surface area contributed by atoms with Crippen LogP contribution in [0.3, 0.4) is 0 Å². The number of carbonyl (C=O) groups excluding carboxylic acids is 1. The Morgan fingerprint density at radius 3 is 2.62 bits per heavy atom. The van der Waals surface area contributed by atoms with Gasteiger partial charge in [-0.3, -0.25) is 9.59 Å². The van der Waals surface area contributed by atoms with Crippen molar-refractivity contribution in [3.8, 4) is 0 Å². The van der Waals surface area contributed by atoms with Crippen molar-refractivity contribution in [2.75, 3.05) is 19.8 Å². The van der Waals surface area contributed by atoms with Crippen LogP contribution in [0.1, 0.15) is 53.3 Å². The van der Waals surface area contributed by atoms with E-state index in [1.54, 1.807) is 0 Å². The van der Waals surface area contributed by atoms with Gasteiger partial charge in [-0.2, -0.15) is 0 Å². The maximum Gasteiger partial charge on any atom is 0.263 e. The number of benzene rings is 1. The first kappa shape index (κ1) is 17.0. The third-order valence-corrected chi connectivity index (χ3v) is 5.45. The van der Waals surface area contributed by atoms with Crippen LogP contribution in [-0.2, 0) is 10.2 Å². The highest BCUT2D eigenvalue weighted by molar-refractivity contribution is 5.93. The molecule has 2 fully saturated rings. The number of nitrogens with zero attached hydrogens (tertiary/aromatic N) is 1. The van der Waals surface area contributed by atoms with Gasteiger partial charge < -0.3 is 15.0 Å². The van der Waals surface area contributed by atoms with Crippen molar-refractivity contribution < 1.29 is 9.53 Å². The zero-order chi connectivity index (χ0) is 18.0. The molecule has 2 aliphatic rings. The van der Waals surface area contributed by atoms with E-state index in [1.807, 2.05) is 18.2 Å². The van der Waals surface area contributed by atoms with Crippen molar-refractivity contribution >= 4 is 5.91 Å². The van der Waals surface area contributed by atoms with Crippen LogP contribution in [0.5, 0.6) is 0 Å². The Kier molecular flexibility index (Phi) is 4.59. The van der Waals surface area contributed by atoms with Crippen molar-refractivity contribution in [2.45, 2.75) is 37.0 Å². The summed E-state index contributed by atoms with van der Waals surface area (Å²) in [4.78, 5) is 31.8. The van der Waals surface area contributed by atoms with E-state index < -0.39 is 0 Å². The number of aromatic amines is 1. The SMILES string of the molecule is O=C(NCC1(c2ccccc2)CCOCC1)c1cnc(C2CC2)[nH]c1=O. The van der Waals surface area contributed by atoms with E-state index in [0.717, 1.165) is 25.7 Å². The largest absolute Gasteiger partial charge is 0.381 e. The van der Waals surface area contributed by atoms with Gasteiger partial charge in [0.25, 0.3) is 11.5 Å². The lowest BCUT2D eigenvalue weighted by molar-refractivity contribution is 0.0487. The number of aromatic nitrogens is 2. The predicted octanol–water partition coefficient (Wildman–Crippen LogP) is 2.13. The van der Waals surface area contributed by atoms with Crippen LogP contribution < -0.4 is 10.9 Å². The number of hydrogen-bond donors (Lipinski definition) is 2. The lowest BCUT2D eigenvalue weighted by atomic mass is 9.74. The molecule has 1 aromatic heterocycles. The molecule has 4 rings (SSSR count). The molecule has 1 saturated heterocycles. The highest BCUT2D eigenvalue weighted by atomic mass is 16.5. The van der Waals surface area contributed by atoms with Crippen molar-refractivity contribution in [3.05, 3.63) is 63.8 Å². The van der Waals surface area contributed by atoms with Gasteiger partial charge in [0, 0.05) is 37.3 Å². The molecule has 1 aliphatic heterocycles. The average molecular weight is 353 g/mol. The number of hydrogen-bond acceptors (Lipinski definition) is 4. The lowest BCUT2D eigenvalue weighted by Gasteiger charge is -2.38.